The number of methoxy groups -OCH3 is 2. The topological polar surface area (TPSA) is 105 Å². The number of amides is 2. The van der Waals surface area contributed by atoms with Crippen molar-refractivity contribution in [2.75, 3.05) is 19.1 Å². The summed E-state index contributed by atoms with van der Waals surface area (Å²) in [7, 11) is 2.59. The molecule has 0 saturated carbocycles. The Balaban J connectivity index is 1.75. The van der Waals surface area contributed by atoms with Crippen LogP contribution in [0.15, 0.2) is 72.8 Å². The molecule has 2 saturated heterocycles. The van der Waals surface area contributed by atoms with E-state index >= 15 is 0 Å². The third kappa shape index (κ3) is 3.27. The minimum atomic E-state index is -1.73. The highest BCUT2D eigenvalue weighted by atomic mass is 19.1. The average Bonchev–Trinajstić information content (AvgIpc) is 3.39. The highest BCUT2D eigenvalue weighted by Crippen LogP contribution is 2.54. The number of nitrogens with one attached hydrogen (secondary N) is 1. The molecule has 2 aliphatic heterocycles. The number of hydrogen-bond donors (Lipinski definition) is 2. The molecular weight excluding hydrogens is 467 g/mol. The maximum Gasteiger partial charge on any atom is 0.331 e. The number of carbonyl (C=O) groups excluding carboxylic acids is 3. The van der Waals surface area contributed by atoms with Crippen molar-refractivity contribution in [2.24, 2.45) is 11.8 Å². The molecule has 5 rings (SSSR count). The number of nitrogens with zero attached hydrogens (tertiary/aromatic N) is 1. The number of hydrogen-bond acceptors (Lipinski definition) is 7. The molecule has 8 nitrogen and oxygen atoms in total. The van der Waals surface area contributed by atoms with Crippen molar-refractivity contribution < 1.29 is 33.4 Å². The lowest BCUT2D eigenvalue weighted by molar-refractivity contribution is -0.152. The van der Waals surface area contributed by atoms with Gasteiger partial charge in [-0.1, -0.05) is 48.5 Å². The molecule has 0 aromatic heterocycles. The summed E-state index contributed by atoms with van der Waals surface area (Å²) in [5.41, 5.74) is -0.992. The summed E-state index contributed by atoms with van der Waals surface area (Å²) in [6.07, 6.45) is 0. The fourth-order valence-electron chi connectivity index (χ4n) is 5.38. The molecule has 0 spiro atoms. The zero-order chi connectivity index (χ0) is 25.6. The van der Waals surface area contributed by atoms with Crippen LogP contribution in [0.25, 0.3) is 0 Å². The summed E-state index contributed by atoms with van der Waals surface area (Å²) >= 11 is 0. The fourth-order valence-corrected chi connectivity index (χ4v) is 5.38. The van der Waals surface area contributed by atoms with Crippen molar-refractivity contribution in [3.05, 3.63) is 89.7 Å². The van der Waals surface area contributed by atoms with Gasteiger partial charge in [-0.2, -0.15) is 0 Å². The maximum absolute atomic E-state index is 14.8. The van der Waals surface area contributed by atoms with Crippen LogP contribution >= 0.6 is 0 Å². The quantitative estimate of drug-likeness (QED) is 0.418. The van der Waals surface area contributed by atoms with Gasteiger partial charge in [0.05, 0.1) is 31.7 Å². The zero-order valence-electron chi connectivity index (χ0n) is 19.5. The lowest BCUT2D eigenvalue weighted by Crippen LogP contribution is -2.53. The Kier molecular flexibility index (Phi) is 5.72. The van der Waals surface area contributed by atoms with E-state index in [1.807, 2.05) is 0 Å². The lowest BCUT2D eigenvalue weighted by Gasteiger charge is -2.33. The molecule has 184 valence electrons. The van der Waals surface area contributed by atoms with Crippen molar-refractivity contribution in [1.82, 2.24) is 5.32 Å². The third-order valence-corrected chi connectivity index (χ3v) is 6.95. The Morgan fingerprint density at radius 1 is 1.00 bits per heavy atom. The molecule has 0 unspecified atom stereocenters. The molecule has 4 atom stereocenters. The van der Waals surface area contributed by atoms with Gasteiger partial charge in [-0.25, -0.2) is 14.1 Å². The Labute approximate surface area is 206 Å². The summed E-state index contributed by atoms with van der Waals surface area (Å²) < 4.78 is 25.2. The molecule has 0 aliphatic carbocycles. The summed E-state index contributed by atoms with van der Waals surface area (Å²) in [5, 5.41) is 13.3. The Hall–Kier alpha value is -4.24. The van der Waals surface area contributed by atoms with E-state index < -0.39 is 47.0 Å². The number of anilines is 1. The first kappa shape index (κ1) is 23.5. The van der Waals surface area contributed by atoms with Crippen molar-refractivity contribution in [3.63, 3.8) is 0 Å². The summed E-state index contributed by atoms with van der Waals surface area (Å²) in [6.45, 7) is 0. The van der Waals surface area contributed by atoms with Gasteiger partial charge in [0.15, 0.2) is 17.0 Å². The number of phenolic OH excluding ortho intramolecular Hbond substituents is 1. The predicted octanol–water partition coefficient (Wildman–Crippen LogP) is 3.06. The van der Waals surface area contributed by atoms with Crippen LogP contribution in [0.1, 0.15) is 17.2 Å². The number of para-hydroxylation sites is 1. The van der Waals surface area contributed by atoms with Gasteiger partial charge in [-0.3, -0.25) is 14.9 Å². The van der Waals surface area contributed by atoms with E-state index in [0.29, 0.717) is 11.1 Å². The SMILES string of the molecule is COC(=O)[C@]1(c2ccccc2)N[C@H](c2ccc(O)c(OC)c2)[C@@H]2C(=O)N(c3ccccc3F)C(=O)[C@H]21. The molecule has 2 heterocycles. The number of fused-ring (bicyclic) bond motifs is 1. The van der Waals surface area contributed by atoms with E-state index in [1.54, 1.807) is 36.4 Å². The molecule has 2 N–H and O–H groups in total. The first-order valence-corrected chi connectivity index (χ1v) is 11.3. The second kappa shape index (κ2) is 8.76. The third-order valence-electron chi connectivity index (χ3n) is 6.95. The number of halogens is 1. The van der Waals surface area contributed by atoms with Crippen LogP contribution in [0.5, 0.6) is 11.5 Å². The molecule has 36 heavy (non-hydrogen) atoms. The first-order chi connectivity index (χ1) is 17.3. The van der Waals surface area contributed by atoms with Gasteiger partial charge in [0, 0.05) is 6.04 Å². The fraction of sp³-hybridized carbons (Fsp3) is 0.222. The van der Waals surface area contributed by atoms with E-state index in [2.05, 4.69) is 5.32 Å². The number of esters is 1. The molecule has 0 bridgehead atoms. The molecule has 2 fully saturated rings. The number of benzene rings is 3. The molecule has 9 heteroatoms. The smallest absolute Gasteiger partial charge is 0.331 e. The van der Waals surface area contributed by atoms with Crippen LogP contribution in [0.3, 0.4) is 0 Å². The van der Waals surface area contributed by atoms with Gasteiger partial charge in [-0.15, -0.1) is 0 Å². The molecule has 3 aromatic rings. The van der Waals surface area contributed by atoms with Crippen LogP contribution in [-0.2, 0) is 24.7 Å². The van der Waals surface area contributed by atoms with E-state index in [4.69, 9.17) is 9.47 Å². The summed E-state index contributed by atoms with van der Waals surface area (Å²) in [6, 6.07) is 17.7. The number of ether oxygens (including phenoxy) is 2. The van der Waals surface area contributed by atoms with Gasteiger partial charge in [0.1, 0.15) is 5.82 Å². The van der Waals surface area contributed by atoms with Crippen molar-refractivity contribution in [1.29, 1.82) is 0 Å². The second-order valence-corrected chi connectivity index (χ2v) is 8.69. The van der Waals surface area contributed by atoms with Gasteiger partial charge in [0.25, 0.3) is 0 Å². The van der Waals surface area contributed by atoms with E-state index in [9.17, 15) is 23.9 Å². The zero-order valence-corrected chi connectivity index (χ0v) is 19.5. The minimum absolute atomic E-state index is 0.111. The number of carbonyl (C=O) groups is 3. The van der Waals surface area contributed by atoms with E-state index in [-0.39, 0.29) is 17.2 Å². The van der Waals surface area contributed by atoms with Crippen LogP contribution < -0.4 is 15.0 Å². The van der Waals surface area contributed by atoms with Crippen molar-refractivity contribution in [2.45, 2.75) is 11.6 Å². The largest absolute Gasteiger partial charge is 0.504 e. The predicted molar refractivity (Wildman–Crippen MR) is 127 cm³/mol. The Morgan fingerprint density at radius 3 is 2.36 bits per heavy atom. The van der Waals surface area contributed by atoms with Crippen molar-refractivity contribution >= 4 is 23.5 Å². The number of phenols is 1. The molecule has 2 aliphatic rings. The molecule has 0 radical (unpaired) electrons. The molecule has 2 amide bonds. The highest BCUT2D eigenvalue weighted by molar-refractivity contribution is 6.24. The van der Waals surface area contributed by atoms with Crippen molar-refractivity contribution in [3.8, 4) is 11.5 Å². The Morgan fingerprint density at radius 2 is 1.69 bits per heavy atom. The van der Waals surface area contributed by atoms with Gasteiger partial charge in [0.2, 0.25) is 11.8 Å². The normalized spacial score (nSPS) is 25.1. The monoisotopic (exact) mass is 490 g/mol. The van der Waals surface area contributed by atoms with Gasteiger partial charge < -0.3 is 14.6 Å². The molecular formula is C27H23FN2O6. The highest BCUT2D eigenvalue weighted by Gasteiger charge is 2.70. The number of aromatic hydroxyl groups is 1. The van der Waals surface area contributed by atoms with E-state index in [0.717, 1.165) is 11.0 Å². The Bertz CT molecular complexity index is 1360. The van der Waals surface area contributed by atoms with Crippen LogP contribution in [0, 0.1) is 17.7 Å². The minimum Gasteiger partial charge on any atom is -0.504 e. The first-order valence-electron chi connectivity index (χ1n) is 11.3. The van der Waals surface area contributed by atoms with Gasteiger partial charge in [-0.05, 0) is 35.4 Å². The molecule has 3 aromatic carbocycles. The summed E-state index contributed by atoms with van der Waals surface area (Å²) in [4.78, 5) is 42.1. The number of imide groups is 1. The number of rotatable bonds is 5. The standard InChI is InChI=1S/C27H23FN2O6/c1-35-20-14-15(12-13-19(20)31)23-21-22(25(33)30(24(21)32)18-11-7-6-10-17(18)28)27(29-23,26(34)36-2)16-8-4-3-5-9-16/h3-14,21-23,29,31H,1-2H3/t21-,22+,23-,27-/m1/s1. The lowest BCUT2D eigenvalue weighted by atomic mass is 9.75. The summed E-state index contributed by atoms with van der Waals surface area (Å²) in [5.74, 6) is -5.13. The van der Waals surface area contributed by atoms with Crippen LogP contribution in [0.2, 0.25) is 0 Å². The second-order valence-electron chi connectivity index (χ2n) is 8.69. The van der Waals surface area contributed by atoms with Crippen LogP contribution in [0.4, 0.5) is 10.1 Å². The van der Waals surface area contributed by atoms with Crippen LogP contribution in [-0.4, -0.2) is 37.1 Å². The van der Waals surface area contributed by atoms with E-state index in [1.165, 1.54) is 44.6 Å². The van der Waals surface area contributed by atoms with Gasteiger partial charge >= 0.3 is 5.97 Å². The maximum atomic E-state index is 14.8. The average molecular weight is 490 g/mol.